The van der Waals surface area contributed by atoms with Crippen LogP contribution in [0.2, 0.25) is 0 Å². The van der Waals surface area contributed by atoms with E-state index in [0.29, 0.717) is 24.4 Å². The molecule has 4 heterocycles. The summed E-state index contributed by atoms with van der Waals surface area (Å²) >= 11 is 1.56. The number of furan rings is 1. The molecule has 4 rings (SSSR count). The Morgan fingerprint density at radius 1 is 1.30 bits per heavy atom. The van der Waals surface area contributed by atoms with Crippen molar-refractivity contribution in [2.24, 2.45) is 0 Å². The van der Waals surface area contributed by atoms with E-state index in [1.54, 1.807) is 22.3 Å². The van der Waals surface area contributed by atoms with Crippen molar-refractivity contribution in [1.29, 1.82) is 0 Å². The van der Waals surface area contributed by atoms with E-state index in [2.05, 4.69) is 15.2 Å². The Hall–Kier alpha value is -2.48. The average molecular weight is 329 g/mol. The molecule has 0 atom stereocenters. The molecule has 0 spiro atoms. The molecule has 1 amide bonds. The minimum Gasteiger partial charge on any atom is -0.462 e. The minimum absolute atomic E-state index is 0.0566. The van der Waals surface area contributed by atoms with Crippen LogP contribution in [0.15, 0.2) is 22.1 Å². The third kappa shape index (κ3) is 2.44. The standard InChI is InChI=1S/C15H15N5O2S/c1-9-17-18-14-6-19(3-4-20(9)14)15(21)11-5-13(22-7-11)12-8-23-10(2)16-12/h5,7-8H,3-4,6H2,1-2H3. The number of hydrogen-bond acceptors (Lipinski definition) is 6. The fourth-order valence-electron chi connectivity index (χ4n) is 2.72. The van der Waals surface area contributed by atoms with Gasteiger partial charge in [-0.25, -0.2) is 4.98 Å². The molecule has 0 unspecified atom stereocenters. The molecule has 0 radical (unpaired) electrons. The fourth-order valence-corrected chi connectivity index (χ4v) is 3.32. The molecule has 1 aliphatic rings. The lowest BCUT2D eigenvalue weighted by atomic mass is 10.2. The summed E-state index contributed by atoms with van der Waals surface area (Å²) in [4.78, 5) is 18.8. The van der Waals surface area contributed by atoms with Crippen LogP contribution in [0.5, 0.6) is 0 Å². The number of carbonyl (C=O) groups is 1. The van der Waals surface area contributed by atoms with Crippen LogP contribution in [0.3, 0.4) is 0 Å². The van der Waals surface area contributed by atoms with E-state index >= 15 is 0 Å². The molecule has 0 bridgehead atoms. The predicted octanol–water partition coefficient (Wildman–Crippen LogP) is 2.27. The van der Waals surface area contributed by atoms with E-state index in [1.807, 2.05) is 23.8 Å². The van der Waals surface area contributed by atoms with Crippen LogP contribution >= 0.6 is 11.3 Å². The van der Waals surface area contributed by atoms with E-state index < -0.39 is 0 Å². The number of nitrogens with zero attached hydrogens (tertiary/aromatic N) is 5. The van der Waals surface area contributed by atoms with E-state index in [-0.39, 0.29) is 5.91 Å². The molecule has 1 aliphatic heterocycles. The highest BCUT2D eigenvalue weighted by molar-refractivity contribution is 7.09. The van der Waals surface area contributed by atoms with Gasteiger partial charge in [-0.1, -0.05) is 0 Å². The lowest BCUT2D eigenvalue weighted by Crippen LogP contribution is -2.38. The van der Waals surface area contributed by atoms with Gasteiger partial charge in [0.2, 0.25) is 0 Å². The van der Waals surface area contributed by atoms with Crippen LogP contribution in [0.25, 0.3) is 11.5 Å². The topological polar surface area (TPSA) is 77.1 Å². The highest BCUT2D eigenvalue weighted by Crippen LogP contribution is 2.25. The van der Waals surface area contributed by atoms with Gasteiger partial charge in [-0.2, -0.15) is 0 Å². The summed E-state index contributed by atoms with van der Waals surface area (Å²) in [5.74, 6) is 2.27. The van der Waals surface area contributed by atoms with Gasteiger partial charge in [0.15, 0.2) is 11.6 Å². The molecule has 7 nitrogen and oxygen atoms in total. The van der Waals surface area contributed by atoms with Crippen molar-refractivity contribution in [3.05, 3.63) is 39.9 Å². The number of hydrogen-bond donors (Lipinski definition) is 0. The van der Waals surface area contributed by atoms with Gasteiger partial charge in [-0.15, -0.1) is 21.5 Å². The Labute approximate surface area is 136 Å². The number of amides is 1. The molecular weight excluding hydrogens is 314 g/mol. The maximum absolute atomic E-state index is 12.7. The van der Waals surface area contributed by atoms with Crippen LogP contribution < -0.4 is 0 Å². The van der Waals surface area contributed by atoms with E-state index in [1.165, 1.54) is 6.26 Å². The third-order valence-electron chi connectivity index (χ3n) is 3.94. The molecular formula is C15H15N5O2S. The Morgan fingerprint density at radius 2 is 2.17 bits per heavy atom. The molecule has 8 heteroatoms. The minimum atomic E-state index is -0.0566. The third-order valence-corrected chi connectivity index (χ3v) is 4.72. The van der Waals surface area contributed by atoms with Crippen molar-refractivity contribution in [2.75, 3.05) is 6.54 Å². The Morgan fingerprint density at radius 3 is 2.96 bits per heavy atom. The second-order valence-corrected chi connectivity index (χ2v) is 6.56. The van der Waals surface area contributed by atoms with E-state index in [0.717, 1.165) is 28.9 Å². The van der Waals surface area contributed by atoms with Gasteiger partial charge in [0.1, 0.15) is 17.8 Å². The lowest BCUT2D eigenvalue weighted by molar-refractivity contribution is 0.0706. The second kappa shape index (κ2) is 5.31. The molecule has 0 saturated heterocycles. The van der Waals surface area contributed by atoms with Crippen LogP contribution in [0.4, 0.5) is 0 Å². The maximum atomic E-state index is 12.7. The van der Waals surface area contributed by atoms with E-state index in [4.69, 9.17) is 4.42 Å². The van der Waals surface area contributed by atoms with E-state index in [9.17, 15) is 4.79 Å². The van der Waals surface area contributed by atoms with Gasteiger partial charge in [0.25, 0.3) is 5.91 Å². The lowest BCUT2D eigenvalue weighted by Gasteiger charge is -2.27. The Bertz CT molecular complexity index is 878. The SMILES string of the molecule is Cc1nc(-c2cc(C(=O)N3CCn4c(C)nnc4C3)co2)cs1. The number of aryl methyl sites for hydroxylation is 2. The second-order valence-electron chi connectivity index (χ2n) is 5.49. The van der Waals surface area contributed by atoms with Gasteiger partial charge in [0, 0.05) is 18.5 Å². The molecule has 0 aromatic carbocycles. The Kier molecular flexibility index (Phi) is 3.26. The number of rotatable bonds is 2. The molecule has 3 aromatic heterocycles. The maximum Gasteiger partial charge on any atom is 0.257 e. The first-order valence-corrected chi connectivity index (χ1v) is 8.19. The van der Waals surface area contributed by atoms with Gasteiger partial charge in [0.05, 0.1) is 17.1 Å². The molecule has 0 N–H and O–H groups in total. The summed E-state index contributed by atoms with van der Waals surface area (Å²) in [7, 11) is 0. The summed E-state index contributed by atoms with van der Waals surface area (Å²) in [5, 5.41) is 11.1. The van der Waals surface area contributed by atoms with Crippen molar-refractivity contribution in [3.8, 4) is 11.5 Å². The predicted molar refractivity (Wildman–Crippen MR) is 84.1 cm³/mol. The molecule has 23 heavy (non-hydrogen) atoms. The van der Waals surface area contributed by atoms with Crippen molar-refractivity contribution in [1.82, 2.24) is 24.6 Å². The number of thiazole rings is 1. The number of fused-ring (bicyclic) bond motifs is 1. The number of aromatic nitrogens is 4. The van der Waals surface area contributed by atoms with Gasteiger partial charge in [-0.3, -0.25) is 4.79 Å². The summed E-state index contributed by atoms with van der Waals surface area (Å²) in [5.41, 5.74) is 1.30. The zero-order valence-electron chi connectivity index (χ0n) is 12.8. The molecule has 3 aromatic rings. The van der Waals surface area contributed by atoms with Crippen molar-refractivity contribution < 1.29 is 9.21 Å². The summed E-state index contributed by atoms with van der Waals surface area (Å²) < 4.78 is 7.56. The van der Waals surface area contributed by atoms with Gasteiger partial charge < -0.3 is 13.9 Å². The Balaban J connectivity index is 1.55. The van der Waals surface area contributed by atoms with Crippen LogP contribution in [-0.2, 0) is 13.1 Å². The first-order valence-electron chi connectivity index (χ1n) is 7.31. The zero-order chi connectivity index (χ0) is 16.0. The first-order chi connectivity index (χ1) is 11.1. The summed E-state index contributed by atoms with van der Waals surface area (Å²) in [6.45, 7) is 5.69. The van der Waals surface area contributed by atoms with Crippen LogP contribution in [-0.4, -0.2) is 37.1 Å². The van der Waals surface area contributed by atoms with Crippen LogP contribution in [0, 0.1) is 13.8 Å². The van der Waals surface area contributed by atoms with Crippen LogP contribution in [0.1, 0.15) is 27.0 Å². The number of carbonyl (C=O) groups excluding carboxylic acids is 1. The molecule has 0 saturated carbocycles. The monoisotopic (exact) mass is 329 g/mol. The zero-order valence-corrected chi connectivity index (χ0v) is 13.6. The van der Waals surface area contributed by atoms with Crippen molar-refractivity contribution in [3.63, 3.8) is 0 Å². The van der Waals surface area contributed by atoms with Gasteiger partial charge in [-0.05, 0) is 19.9 Å². The fraction of sp³-hybridized carbons (Fsp3) is 0.333. The average Bonchev–Trinajstić information content (AvgIpc) is 3.26. The van der Waals surface area contributed by atoms with Gasteiger partial charge >= 0.3 is 0 Å². The normalized spacial score (nSPS) is 14.1. The molecule has 0 aliphatic carbocycles. The van der Waals surface area contributed by atoms with Crippen molar-refractivity contribution in [2.45, 2.75) is 26.9 Å². The summed E-state index contributed by atoms with van der Waals surface area (Å²) in [6.07, 6.45) is 1.50. The highest BCUT2D eigenvalue weighted by Gasteiger charge is 2.25. The van der Waals surface area contributed by atoms with Crippen molar-refractivity contribution >= 4 is 17.2 Å². The highest BCUT2D eigenvalue weighted by atomic mass is 32.1. The summed E-state index contributed by atoms with van der Waals surface area (Å²) in [6, 6.07) is 1.75. The molecule has 0 fully saturated rings. The smallest absolute Gasteiger partial charge is 0.257 e. The largest absolute Gasteiger partial charge is 0.462 e. The quantitative estimate of drug-likeness (QED) is 0.721. The first kappa shape index (κ1) is 14.1. The molecule has 118 valence electrons.